The summed E-state index contributed by atoms with van der Waals surface area (Å²) >= 11 is 0. The maximum atomic E-state index is 12.6. The van der Waals surface area contributed by atoms with Crippen LogP contribution in [0.3, 0.4) is 0 Å². The molecule has 2 unspecified atom stereocenters. The Morgan fingerprint density at radius 3 is 2.25 bits per heavy atom. The van der Waals surface area contributed by atoms with Crippen LogP contribution in [0.15, 0.2) is 12.1 Å². The molecule has 1 aromatic carbocycles. The fraction of sp³-hybridized carbons (Fsp3) is 0.588. The van der Waals surface area contributed by atoms with Gasteiger partial charge in [0, 0.05) is 18.7 Å². The van der Waals surface area contributed by atoms with Crippen molar-refractivity contribution in [2.45, 2.75) is 45.8 Å². The predicted octanol–water partition coefficient (Wildman–Crippen LogP) is 2.66. The molecule has 0 saturated carbocycles. The molecule has 2 saturated heterocycles. The number of carbonyl (C=O) groups excluding carboxylic acids is 1. The first-order chi connectivity index (χ1) is 9.52. The fourth-order valence-corrected chi connectivity index (χ4v) is 3.73. The quantitative estimate of drug-likeness (QED) is 0.793. The molecule has 0 aromatic heterocycles. The highest BCUT2D eigenvalue weighted by Gasteiger charge is 2.34. The molecule has 3 rings (SSSR count). The summed E-state index contributed by atoms with van der Waals surface area (Å²) in [6.07, 6.45) is 3.00. The summed E-state index contributed by atoms with van der Waals surface area (Å²) in [6, 6.07) is 4.20. The van der Waals surface area contributed by atoms with E-state index in [0.717, 1.165) is 42.6 Å². The molecule has 2 aliphatic heterocycles. The van der Waals surface area contributed by atoms with Crippen molar-refractivity contribution < 1.29 is 9.53 Å². The first-order valence-electron chi connectivity index (χ1n) is 7.52. The van der Waals surface area contributed by atoms with Crippen LogP contribution in [0.25, 0.3) is 0 Å². The molecule has 20 heavy (non-hydrogen) atoms. The number of ketones is 1. The lowest BCUT2D eigenvalue weighted by atomic mass is 9.96. The van der Waals surface area contributed by atoms with Gasteiger partial charge >= 0.3 is 0 Å². The van der Waals surface area contributed by atoms with E-state index in [-0.39, 0.29) is 5.78 Å². The summed E-state index contributed by atoms with van der Waals surface area (Å²) in [4.78, 5) is 14.9. The van der Waals surface area contributed by atoms with Crippen LogP contribution in [-0.2, 0) is 4.74 Å². The molecule has 2 aliphatic rings. The fourth-order valence-electron chi connectivity index (χ4n) is 3.73. The Morgan fingerprint density at radius 2 is 1.70 bits per heavy atom. The molecule has 0 N–H and O–H groups in total. The van der Waals surface area contributed by atoms with Crippen molar-refractivity contribution >= 4 is 5.78 Å². The van der Waals surface area contributed by atoms with Crippen molar-refractivity contribution in [3.05, 3.63) is 34.4 Å². The van der Waals surface area contributed by atoms with Crippen molar-refractivity contribution in [1.29, 1.82) is 0 Å². The van der Waals surface area contributed by atoms with Gasteiger partial charge in [0.2, 0.25) is 0 Å². The molecule has 2 heterocycles. The van der Waals surface area contributed by atoms with E-state index in [9.17, 15) is 4.79 Å². The second-order valence-electron chi connectivity index (χ2n) is 6.35. The van der Waals surface area contributed by atoms with Crippen molar-refractivity contribution in [1.82, 2.24) is 4.90 Å². The van der Waals surface area contributed by atoms with Gasteiger partial charge in [-0.2, -0.15) is 0 Å². The Balaban J connectivity index is 1.73. The van der Waals surface area contributed by atoms with E-state index >= 15 is 0 Å². The van der Waals surface area contributed by atoms with Crippen LogP contribution in [0.5, 0.6) is 0 Å². The van der Waals surface area contributed by atoms with Gasteiger partial charge in [-0.1, -0.05) is 17.7 Å². The number of hydrogen-bond donors (Lipinski definition) is 0. The van der Waals surface area contributed by atoms with Crippen molar-refractivity contribution in [3.8, 4) is 0 Å². The standard InChI is InChI=1S/C17H23NO2/c1-11-6-12(2)17(13(3)7-11)16(19)10-18-8-14-4-5-15(9-18)20-14/h6-7,14-15H,4-5,8-10H2,1-3H3. The van der Waals surface area contributed by atoms with Gasteiger partial charge in [0.25, 0.3) is 0 Å². The summed E-state index contributed by atoms with van der Waals surface area (Å²) in [7, 11) is 0. The molecular weight excluding hydrogens is 250 g/mol. The van der Waals surface area contributed by atoms with Crippen LogP contribution in [-0.4, -0.2) is 42.5 Å². The van der Waals surface area contributed by atoms with E-state index < -0.39 is 0 Å². The van der Waals surface area contributed by atoms with Gasteiger partial charge in [-0.25, -0.2) is 0 Å². The predicted molar refractivity (Wildman–Crippen MR) is 79.3 cm³/mol. The lowest BCUT2D eigenvalue weighted by Gasteiger charge is -2.31. The van der Waals surface area contributed by atoms with Gasteiger partial charge in [0.15, 0.2) is 5.78 Å². The lowest BCUT2D eigenvalue weighted by Crippen LogP contribution is -2.44. The minimum Gasteiger partial charge on any atom is -0.372 e. The molecule has 0 amide bonds. The van der Waals surface area contributed by atoms with E-state index in [2.05, 4.69) is 24.0 Å². The SMILES string of the molecule is Cc1cc(C)c(C(=O)CN2CC3CCC(C2)O3)c(C)c1. The van der Waals surface area contributed by atoms with Crippen LogP contribution >= 0.6 is 0 Å². The van der Waals surface area contributed by atoms with E-state index in [1.165, 1.54) is 5.56 Å². The Bertz CT molecular complexity index is 503. The number of morpholine rings is 1. The number of carbonyl (C=O) groups is 1. The number of likely N-dealkylation sites (tertiary alicyclic amines) is 1. The number of ether oxygens (including phenoxy) is 1. The minimum atomic E-state index is 0.251. The molecule has 3 nitrogen and oxygen atoms in total. The zero-order chi connectivity index (χ0) is 14.3. The van der Waals surface area contributed by atoms with Crippen molar-refractivity contribution in [3.63, 3.8) is 0 Å². The minimum absolute atomic E-state index is 0.251. The first-order valence-corrected chi connectivity index (χ1v) is 7.52. The second kappa shape index (κ2) is 5.30. The topological polar surface area (TPSA) is 29.5 Å². The summed E-state index contributed by atoms with van der Waals surface area (Å²) in [6.45, 7) is 8.50. The van der Waals surface area contributed by atoms with Gasteiger partial charge in [-0.3, -0.25) is 9.69 Å². The Labute approximate surface area is 120 Å². The average Bonchev–Trinajstić information content (AvgIpc) is 2.67. The smallest absolute Gasteiger partial charge is 0.177 e. The van der Waals surface area contributed by atoms with Crippen LogP contribution in [0, 0.1) is 20.8 Å². The molecule has 3 heteroatoms. The maximum absolute atomic E-state index is 12.6. The van der Waals surface area contributed by atoms with Gasteiger partial charge < -0.3 is 4.74 Å². The number of nitrogens with zero attached hydrogens (tertiary/aromatic N) is 1. The third kappa shape index (κ3) is 2.65. The highest BCUT2D eigenvalue weighted by molar-refractivity contribution is 6.00. The number of Topliss-reactive ketones (excluding diaryl/α,β-unsaturated/α-hetero) is 1. The zero-order valence-electron chi connectivity index (χ0n) is 12.6. The molecule has 0 aliphatic carbocycles. The molecule has 2 atom stereocenters. The van der Waals surface area contributed by atoms with Crippen LogP contribution in [0.4, 0.5) is 0 Å². The number of fused-ring (bicyclic) bond motifs is 2. The summed E-state index contributed by atoms with van der Waals surface area (Å²) in [5, 5.41) is 0. The highest BCUT2D eigenvalue weighted by Crippen LogP contribution is 2.26. The monoisotopic (exact) mass is 273 g/mol. The molecule has 2 bridgehead atoms. The average molecular weight is 273 g/mol. The molecular formula is C17H23NO2. The third-order valence-corrected chi connectivity index (χ3v) is 4.44. The van der Waals surface area contributed by atoms with E-state index in [1.807, 2.05) is 13.8 Å². The van der Waals surface area contributed by atoms with E-state index in [4.69, 9.17) is 4.74 Å². The normalized spacial score (nSPS) is 25.9. The van der Waals surface area contributed by atoms with Crippen molar-refractivity contribution in [2.75, 3.05) is 19.6 Å². The van der Waals surface area contributed by atoms with Gasteiger partial charge in [0.1, 0.15) is 0 Å². The Kier molecular flexibility index (Phi) is 3.65. The summed E-state index contributed by atoms with van der Waals surface area (Å²) in [5.74, 6) is 0.251. The third-order valence-electron chi connectivity index (χ3n) is 4.44. The summed E-state index contributed by atoms with van der Waals surface area (Å²) in [5.41, 5.74) is 4.34. The van der Waals surface area contributed by atoms with E-state index in [0.29, 0.717) is 18.8 Å². The van der Waals surface area contributed by atoms with Crippen molar-refractivity contribution in [2.24, 2.45) is 0 Å². The number of hydrogen-bond acceptors (Lipinski definition) is 3. The van der Waals surface area contributed by atoms with E-state index in [1.54, 1.807) is 0 Å². The highest BCUT2D eigenvalue weighted by atomic mass is 16.5. The molecule has 0 radical (unpaired) electrons. The van der Waals surface area contributed by atoms with Crippen LogP contribution < -0.4 is 0 Å². The number of aryl methyl sites for hydroxylation is 3. The van der Waals surface area contributed by atoms with Crippen LogP contribution in [0.2, 0.25) is 0 Å². The molecule has 108 valence electrons. The Hall–Kier alpha value is -1.19. The largest absolute Gasteiger partial charge is 0.372 e. The lowest BCUT2D eigenvalue weighted by molar-refractivity contribution is -0.0355. The van der Waals surface area contributed by atoms with Gasteiger partial charge in [-0.15, -0.1) is 0 Å². The molecule has 2 fully saturated rings. The summed E-state index contributed by atoms with van der Waals surface area (Å²) < 4.78 is 5.82. The first kappa shape index (κ1) is 13.8. The second-order valence-corrected chi connectivity index (χ2v) is 6.35. The molecule has 0 spiro atoms. The number of benzene rings is 1. The molecule has 1 aromatic rings. The number of rotatable bonds is 3. The van der Waals surface area contributed by atoms with Crippen LogP contribution in [0.1, 0.15) is 39.9 Å². The van der Waals surface area contributed by atoms with Gasteiger partial charge in [0.05, 0.1) is 18.8 Å². The zero-order valence-corrected chi connectivity index (χ0v) is 12.6. The maximum Gasteiger partial charge on any atom is 0.177 e. The van der Waals surface area contributed by atoms with Gasteiger partial charge in [-0.05, 0) is 44.7 Å². The Morgan fingerprint density at radius 1 is 1.15 bits per heavy atom.